The lowest BCUT2D eigenvalue weighted by molar-refractivity contribution is 0.0931. The van der Waals surface area contributed by atoms with Crippen molar-refractivity contribution in [3.05, 3.63) is 72.1 Å². The minimum atomic E-state index is -0.207. The highest BCUT2D eigenvalue weighted by Gasteiger charge is 2.16. The van der Waals surface area contributed by atoms with Gasteiger partial charge in [-0.2, -0.15) is 0 Å². The number of carbonyl (C=O) groups excluding carboxylic acids is 1. The molecule has 23 heavy (non-hydrogen) atoms. The molecule has 4 aromatic rings. The van der Waals surface area contributed by atoms with Gasteiger partial charge >= 0.3 is 0 Å². The second-order valence-corrected chi connectivity index (χ2v) is 5.65. The van der Waals surface area contributed by atoms with Crippen LogP contribution in [-0.2, 0) is 0 Å². The molecule has 4 rings (SSSR count). The number of para-hydroxylation sites is 2. The summed E-state index contributed by atoms with van der Waals surface area (Å²) in [5.41, 5.74) is 2.33. The fourth-order valence-electron chi connectivity index (χ4n) is 2.76. The Hall–Kier alpha value is -3.01. The van der Waals surface area contributed by atoms with E-state index in [1.54, 1.807) is 0 Å². The number of hydrogen-bond donors (Lipinski definition) is 2. The second-order valence-electron chi connectivity index (χ2n) is 5.65. The Labute approximate surface area is 133 Å². The molecule has 2 aromatic carbocycles. The number of aromatic amines is 1. The van der Waals surface area contributed by atoms with Crippen molar-refractivity contribution < 1.29 is 9.21 Å². The lowest BCUT2D eigenvalue weighted by Gasteiger charge is -2.10. The van der Waals surface area contributed by atoms with Crippen LogP contribution in [0.5, 0.6) is 0 Å². The molecule has 114 valence electrons. The molecule has 4 heteroatoms. The molecule has 2 N–H and O–H groups in total. The molecular formula is C19H16N2O2. The maximum atomic E-state index is 12.4. The highest BCUT2D eigenvalue weighted by molar-refractivity contribution is 5.98. The zero-order chi connectivity index (χ0) is 15.8. The van der Waals surface area contributed by atoms with Crippen LogP contribution in [0, 0.1) is 0 Å². The standard InChI is InChI=1S/C19H16N2O2/c1-12(18-11-14-7-3-5-9-17(14)23-18)20-19(22)16-10-13-6-2-4-8-15(13)21-16/h2-12,21H,1H3,(H,20,22)/t12-/m0/s1. The number of carbonyl (C=O) groups is 1. The molecule has 0 aliphatic rings. The zero-order valence-corrected chi connectivity index (χ0v) is 12.7. The Kier molecular flexibility index (Phi) is 3.15. The van der Waals surface area contributed by atoms with Crippen molar-refractivity contribution in [2.24, 2.45) is 0 Å². The van der Waals surface area contributed by atoms with E-state index in [1.165, 1.54) is 0 Å². The first-order valence-corrected chi connectivity index (χ1v) is 7.58. The summed E-state index contributed by atoms with van der Waals surface area (Å²) in [4.78, 5) is 15.6. The van der Waals surface area contributed by atoms with Crippen molar-refractivity contribution in [2.75, 3.05) is 0 Å². The van der Waals surface area contributed by atoms with E-state index in [0.717, 1.165) is 27.6 Å². The molecule has 0 fully saturated rings. The highest BCUT2D eigenvalue weighted by atomic mass is 16.3. The molecule has 0 aliphatic carbocycles. The molecule has 2 aromatic heterocycles. The first kappa shape index (κ1) is 13.6. The van der Waals surface area contributed by atoms with Gasteiger partial charge in [0.1, 0.15) is 17.0 Å². The van der Waals surface area contributed by atoms with Crippen LogP contribution in [-0.4, -0.2) is 10.9 Å². The van der Waals surface area contributed by atoms with Gasteiger partial charge in [0.2, 0.25) is 0 Å². The largest absolute Gasteiger partial charge is 0.459 e. The normalized spacial score (nSPS) is 12.6. The van der Waals surface area contributed by atoms with E-state index in [2.05, 4.69) is 10.3 Å². The van der Waals surface area contributed by atoms with Gasteiger partial charge in [0, 0.05) is 16.3 Å². The van der Waals surface area contributed by atoms with Gasteiger partial charge in [-0.1, -0.05) is 36.4 Å². The third-order valence-electron chi connectivity index (χ3n) is 3.99. The SMILES string of the molecule is C[C@H](NC(=O)c1cc2ccccc2[nH]1)c1cc2ccccc2o1. The summed E-state index contributed by atoms with van der Waals surface area (Å²) in [6.45, 7) is 1.91. The van der Waals surface area contributed by atoms with Crippen LogP contribution in [0.1, 0.15) is 29.2 Å². The van der Waals surface area contributed by atoms with Crippen molar-refractivity contribution in [1.29, 1.82) is 0 Å². The van der Waals surface area contributed by atoms with Crippen molar-refractivity contribution >= 4 is 27.8 Å². The topological polar surface area (TPSA) is 58.0 Å². The summed E-state index contributed by atoms with van der Waals surface area (Å²) in [5, 5.41) is 5.03. The number of amides is 1. The summed E-state index contributed by atoms with van der Waals surface area (Å²) < 4.78 is 5.80. The van der Waals surface area contributed by atoms with Gasteiger partial charge in [-0.25, -0.2) is 0 Å². The van der Waals surface area contributed by atoms with E-state index in [1.807, 2.05) is 67.6 Å². The Morgan fingerprint density at radius 3 is 2.57 bits per heavy atom. The number of nitrogens with one attached hydrogen (secondary N) is 2. The fourth-order valence-corrected chi connectivity index (χ4v) is 2.76. The summed E-state index contributed by atoms with van der Waals surface area (Å²) in [6, 6.07) is 19.3. The Morgan fingerprint density at radius 2 is 1.78 bits per heavy atom. The van der Waals surface area contributed by atoms with Gasteiger partial charge in [0.15, 0.2) is 0 Å². The van der Waals surface area contributed by atoms with Gasteiger partial charge in [-0.05, 0) is 31.2 Å². The summed E-state index contributed by atoms with van der Waals surface area (Å²) in [5.74, 6) is 0.602. The number of benzene rings is 2. The summed E-state index contributed by atoms with van der Waals surface area (Å²) in [7, 11) is 0. The van der Waals surface area contributed by atoms with E-state index in [9.17, 15) is 4.79 Å². The van der Waals surface area contributed by atoms with Crippen LogP contribution in [0.4, 0.5) is 0 Å². The Bertz CT molecular complexity index is 931. The fraction of sp³-hybridized carbons (Fsp3) is 0.105. The third-order valence-corrected chi connectivity index (χ3v) is 3.99. The molecule has 2 heterocycles. The molecule has 0 bridgehead atoms. The molecule has 0 saturated heterocycles. The molecule has 0 saturated carbocycles. The molecule has 4 nitrogen and oxygen atoms in total. The van der Waals surface area contributed by atoms with Crippen molar-refractivity contribution in [3.8, 4) is 0 Å². The number of fused-ring (bicyclic) bond motifs is 2. The first-order chi connectivity index (χ1) is 11.2. The molecule has 0 radical (unpaired) electrons. The summed E-state index contributed by atoms with van der Waals surface area (Å²) >= 11 is 0. The maximum absolute atomic E-state index is 12.4. The van der Waals surface area contributed by atoms with Gasteiger partial charge in [0.25, 0.3) is 5.91 Å². The molecule has 0 aliphatic heterocycles. The van der Waals surface area contributed by atoms with Crippen LogP contribution in [0.2, 0.25) is 0 Å². The van der Waals surface area contributed by atoms with Crippen LogP contribution < -0.4 is 5.32 Å². The van der Waals surface area contributed by atoms with E-state index >= 15 is 0 Å². The molecule has 1 atom stereocenters. The van der Waals surface area contributed by atoms with Crippen molar-refractivity contribution in [1.82, 2.24) is 10.3 Å². The Balaban J connectivity index is 1.57. The minimum Gasteiger partial charge on any atom is -0.459 e. The monoisotopic (exact) mass is 304 g/mol. The predicted molar refractivity (Wildman–Crippen MR) is 90.4 cm³/mol. The molecular weight excluding hydrogens is 288 g/mol. The van der Waals surface area contributed by atoms with Crippen molar-refractivity contribution in [2.45, 2.75) is 13.0 Å². The van der Waals surface area contributed by atoms with Crippen molar-refractivity contribution in [3.63, 3.8) is 0 Å². The lowest BCUT2D eigenvalue weighted by atomic mass is 10.2. The average Bonchev–Trinajstić information content (AvgIpc) is 3.18. The second kappa shape index (κ2) is 5.32. The zero-order valence-electron chi connectivity index (χ0n) is 12.7. The molecule has 0 unspecified atom stereocenters. The van der Waals surface area contributed by atoms with E-state index in [4.69, 9.17) is 4.42 Å². The van der Waals surface area contributed by atoms with Crippen LogP contribution in [0.3, 0.4) is 0 Å². The summed E-state index contributed by atoms with van der Waals surface area (Å²) in [6.07, 6.45) is 0. The number of rotatable bonds is 3. The van der Waals surface area contributed by atoms with Crippen LogP contribution in [0.15, 0.2) is 65.1 Å². The molecule has 1 amide bonds. The van der Waals surface area contributed by atoms with Gasteiger partial charge in [-0.15, -0.1) is 0 Å². The first-order valence-electron chi connectivity index (χ1n) is 7.58. The average molecular weight is 304 g/mol. The van der Waals surface area contributed by atoms with Gasteiger partial charge in [0.05, 0.1) is 6.04 Å². The van der Waals surface area contributed by atoms with Crippen LogP contribution in [0.25, 0.3) is 21.9 Å². The van der Waals surface area contributed by atoms with Gasteiger partial charge in [-0.3, -0.25) is 4.79 Å². The van der Waals surface area contributed by atoms with Crippen LogP contribution >= 0.6 is 0 Å². The number of furan rings is 1. The number of hydrogen-bond acceptors (Lipinski definition) is 2. The van der Waals surface area contributed by atoms with E-state index < -0.39 is 0 Å². The number of H-pyrrole nitrogens is 1. The van der Waals surface area contributed by atoms with E-state index in [-0.39, 0.29) is 11.9 Å². The maximum Gasteiger partial charge on any atom is 0.268 e. The predicted octanol–water partition coefficient (Wildman–Crippen LogP) is 4.41. The minimum absolute atomic E-state index is 0.144. The third kappa shape index (κ3) is 2.48. The highest BCUT2D eigenvalue weighted by Crippen LogP contribution is 2.24. The molecule has 0 spiro atoms. The smallest absolute Gasteiger partial charge is 0.268 e. The lowest BCUT2D eigenvalue weighted by Crippen LogP contribution is -2.26. The van der Waals surface area contributed by atoms with Gasteiger partial charge < -0.3 is 14.7 Å². The van der Waals surface area contributed by atoms with E-state index in [0.29, 0.717) is 5.69 Å². The quantitative estimate of drug-likeness (QED) is 0.589. The Morgan fingerprint density at radius 1 is 1.04 bits per heavy atom. The number of aromatic nitrogens is 1.